The summed E-state index contributed by atoms with van der Waals surface area (Å²) in [6.07, 6.45) is 1.43. The molecule has 0 radical (unpaired) electrons. The molecule has 7 nitrogen and oxygen atoms in total. The standard InChI is InChI=1S/C26H21BrN2O5/c1-16-12-19(27)9-10-21(16)29-25(31)20(24(30)28-26(29)32)13-18-8-11-22(23(14-18)33-2)34-15-17-6-4-3-5-7-17/h3-14H,15H2,1-2H3,(H,28,30,32)/b20-13-. The predicted molar refractivity (Wildman–Crippen MR) is 132 cm³/mol. The molecular weight excluding hydrogens is 500 g/mol. The van der Waals surface area contributed by atoms with E-state index in [1.54, 1.807) is 43.3 Å². The first-order valence-electron chi connectivity index (χ1n) is 10.4. The molecule has 1 fully saturated rings. The molecule has 0 aliphatic carbocycles. The minimum Gasteiger partial charge on any atom is -0.493 e. The summed E-state index contributed by atoms with van der Waals surface area (Å²) in [5.74, 6) is -0.493. The molecule has 0 aromatic heterocycles. The molecule has 3 aromatic rings. The number of halogens is 1. The van der Waals surface area contributed by atoms with E-state index in [-0.39, 0.29) is 5.57 Å². The van der Waals surface area contributed by atoms with Gasteiger partial charge in [0.05, 0.1) is 12.8 Å². The molecule has 0 saturated carbocycles. The van der Waals surface area contributed by atoms with E-state index >= 15 is 0 Å². The zero-order chi connectivity index (χ0) is 24.2. The highest BCUT2D eigenvalue weighted by atomic mass is 79.9. The van der Waals surface area contributed by atoms with E-state index in [0.29, 0.717) is 34.9 Å². The predicted octanol–water partition coefficient (Wildman–Crippen LogP) is 5.01. The molecule has 4 amide bonds. The van der Waals surface area contributed by atoms with Gasteiger partial charge < -0.3 is 9.47 Å². The summed E-state index contributed by atoms with van der Waals surface area (Å²) in [6.45, 7) is 2.14. The number of carbonyl (C=O) groups is 3. The number of hydrogen-bond acceptors (Lipinski definition) is 5. The highest BCUT2D eigenvalue weighted by Crippen LogP contribution is 2.31. The van der Waals surface area contributed by atoms with Crippen LogP contribution in [0.1, 0.15) is 16.7 Å². The van der Waals surface area contributed by atoms with Crippen molar-refractivity contribution in [1.29, 1.82) is 0 Å². The Labute approximate surface area is 205 Å². The van der Waals surface area contributed by atoms with Gasteiger partial charge in [0, 0.05) is 4.47 Å². The number of nitrogens with one attached hydrogen (secondary N) is 1. The first-order valence-corrected chi connectivity index (χ1v) is 11.2. The molecule has 1 aliphatic heterocycles. The highest BCUT2D eigenvalue weighted by Gasteiger charge is 2.37. The number of hydrogen-bond donors (Lipinski definition) is 1. The van der Waals surface area contributed by atoms with Gasteiger partial charge in [-0.25, -0.2) is 9.69 Å². The molecule has 0 unspecified atom stereocenters. The minimum atomic E-state index is -0.792. The second kappa shape index (κ2) is 9.93. The number of imide groups is 2. The average Bonchev–Trinajstić information content (AvgIpc) is 2.82. The van der Waals surface area contributed by atoms with Crippen LogP contribution in [0.15, 0.2) is 76.8 Å². The van der Waals surface area contributed by atoms with Crippen LogP contribution in [0.5, 0.6) is 11.5 Å². The van der Waals surface area contributed by atoms with Crippen molar-refractivity contribution in [3.05, 3.63) is 93.5 Å². The van der Waals surface area contributed by atoms with E-state index < -0.39 is 17.8 Å². The Bertz CT molecular complexity index is 1300. The maximum absolute atomic E-state index is 13.2. The molecule has 0 atom stereocenters. The van der Waals surface area contributed by atoms with E-state index in [2.05, 4.69) is 21.2 Å². The van der Waals surface area contributed by atoms with Crippen molar-refractivity contribution in [3.8, 4) is 11.5 Å². The molecule has 1 N–H and O–H groups in total. The van der Waals surface area contributed by atoms with Gasteiger partial charge >= 0.3 is 6.03 Å². The van der Waals surface area contributed by atoms with Crippen molar-refractivity contribution >= 4 is 45.5 Å². The highest BCUT2D eigenvalue weighted by molar-refractivity contribution is 9.10. The molecular formula is C26H21BrN2O5. The lowest BCUT2D eigenvalue weighted by atomic mass is 10.1. The third-order valence-corrected chi connectivity index (χ3v) is 5.73. The van der Waals surface area contributed by atoms with Gasteiger partial charge in [-0.2, -0.15) is 0 Å². The lowest BCUT2D eigenvalue weighted by Gasteiger charge is -2.27. The number of nitrogens with zero attached hydrogens (tertiary/aromatic N) is 1. The summed E-state index contributed by atoms with van der Waals surface area (Å²) in [4.78, 5) is 39.1. The number of aryl methyl sites for hydroxylation is 1. The summed E-state index contributed by atoms with van der Waals surface area (Å²) in [6, 6.07) is 19.2. The quantitative estimate of drug-likeness (QED) is 0.364. The Morgan fingerprint density at radius 3 is 2.44 bits per heavy atom. The molecule has 34 heavy (non-hydrogen) atoms. The number of benzene rings is 3. The number of barbiturate groups is 1. The van der Waals surface area contributed by atoms with Gasteiger partial charge in [0.25, 0.3) is 11.8 Å². The number of amides is 4. The van der Waals surface area contributed by atoms with Crippen LogP contribution in [0.4, 0.5) is 10.5 Å². The van der Waals surface area contributed by atoms with Crippen molar-refractivity contribution < 1.29 is 23.9 Å². The average molecular weight is 521 g/mol. The van der Waals surface area contributed by atoms with E-state index in [9.17, 15) is 14.4 Å². The molecule has 172 valence electrons. The van der Waals surface area contributed by atoms with Gasteiger partial charge in [-0.15, -0.1) is 0 Å². The summed E-state index contributed by atoms with van der Waals surface area (Å²) in [5, 5.41) is 2.24. The number of ether oxygens (including phenoxy) is 2. The molecule has 1 heterocycles. The summed E-state index contributed by atoms with van der Waals surface area (Å²) in [5.41, 5.74) is 2.49. The minimum absolute atomic E-state index is 0.165. The van der Waals surface area contributed by atoms with E-state index in [1.807, 2.05) is 30.3 Å². The first kappa shape index (κ1) is 23.3. The van der Waals surface area contributed by atoms with Gasteiger partial charge in [0.1, 0.15) is 12.2 Å². The van der Waals surface area contributed by atoms with Crippen LogP contribution in [-0.2, 0) is 16.2 Å². The Balaban J connectivity index is 1.62. The topological polar surface area (TPSA) is 84.9 Å². The van der Waals surface area contributed by atoms with Crippen LogP contribution >= 0.6 is 15.9 Å². The molecule has 0 bridgehead atoms. The van der Waals surface area contributed by atoms with Crippen LogP contribution in [0, 0.1) is 6.92 Å². The second-order valence-corrected chi connectivity index (χ2v) is 8.49. The fourth-order valence-electron chi connectivity index (χ4n) is 3.54. The Hall–Kier alpha value is -3.91. The number of methoxy groups -OCH3 is 1. The Kier molecular flexibility index (Phi) is 6.79. The van der Waals surface area contributed by atoms with E-state index in [1.165, 1.54) is 13.2 Å². The van der Waals surface area contributed by atoms with Gasteiger partial charge in [0.15, 0.2) is 11.5 Å². The number of anilines is 1. The summed E-state index contributed by atoms with van der Waals surface area (Å²) in [7, 11) is 1.51. The van der Waals surface area contributed by atoms with Gasteiger partial charge in [0.2, 0.25) is 0 Å². The molecule has 1 aliphatic rings. The number of urea groups is 1. The first-order chi connectivity index (χ1) is 16.4. The van der Waals surface area contributed by atoms with E-state index in [0.717, 1.165) is 14.9 Å². The Morgan fingerprint density at radius 1 is 0.971 bits per heavy atom. The monoisotopic (exact) mass is 520 g/mol. The molecule has 3 aromatic carbocycles. The lowest BCUT2D eigenvalue weighted by molar-refractivity contribution is -0.122. The van der Waals surface area contributed by atoms with Crippen LogP contribution in [0.3, 0.4) is 0 Å². The maximum atomic E-state index is 13.2. The van der Waals surface area contributed by atoms with Crippen LogP contribution in [0.2, 0.25) is 0 Å². The van der Waals surface area contributed by atoms with E-state index in [4.69, 9.17) is 9.47 Å². The number of rotatable bonds is 6. The van der Waals surface area contributed by atoms with Gasteiger partial charge in [-0.3, -0.25) is 14.9 Å². The third kappa shape index (κ3) is 4.87. The van der Waals surface area contributed by atoms with Gasteiger partial charge in [-0.1, -0.05) is 52.3 Å². The van der Waals surface area contributed by atoms with Crippen molar-refractivity contribution in [3.63, 3.8) is 0 Å². The summed E-state index contributed by atoms with van der Waals surface area (Å²) >= 11 is 3.37. The smallest absolute Gasteiger partial charge is 0.335 e. The van der Waals surface area contributed by atoms with Gasteiger partial charge in [-0.05, 0) is 60.0 Å². The molecule has 4 rings (SSSR count). The van der Waals surface area contributed by atoms with Crippen molar-refractivity contribution in [2.24, 2.45) is 0 Å². The molecule has 1 saturated heterocycles. The maximum Gasteiger partial charge on any atom is 0.335 e. The largest absolute Gasteiger partial charge is 0.493 e. The fourth-order valence-corrected chi connectivity index (χ4v) is 4.02. The van der Waals surface area contributed by atoms with Crippen LogP contribution < -0.4 is 19.7 Å². The number of carbonyl (C=O) groups excluding carboxylic acids is 3. The van der Waals surface area contributed by atoms with Crippen molar-refractivity contribution in [2.75, 3.05) is 12.0 Å². The van der Waals surface area contributed by atoms with Crippen molar-refractivity contribution in [2.45, 2.75) is 13.5 Å². The normalized spacial score (nSPS) is 14.9. The van der Waals surface area contributed by atoms with Crippen LogP contribution in [0.25, 0.3) is 6.08 Å². The zero-order valence-corrected chi connectivity index (χ0v) is 20.1. The molecule has 8 heteroatoms. The molecule has 0 spiro atoms. The third-order valence-electron chi connectivity index (χ3n) is 5.24. The van der Waals surface area contributed by atoms with Crippen LogP contribution in [-0.4, -0.2) is 25.0 Å². The van der Waals surface area contributed by atoms with Crippen molar-refractivity contribution in [1.82, 2.24) is 5.32 Å². The fraction of sp³-hybridized carbons (Fsp3) is 0.115. The SMILES string of the molecule is COc1cc(/C=C2/C(=O)NC(=O)N(c3ccc(Br)cc3C)C2=O)ccc1OCc1ccccc1. The summed E-state index contributed by atoms with van der Waals surface area (Å²) < 4.78 is 12.1. The second-order valence-electron chi connectivity index (χ2n) is 7.57. The Morgan fingerprint density at radius 2 is 1.74 bits per heavy atom. The lowest BCUT2D eigenvalue weighted by Crippen LogP contribution is -2.54. The zero-order valence-electron chi connectivity index (χ0n) is 18.5.